The van der Waals surface area contributed by atoms with Gasteiger partial charge >= 0.3 is 0 Å². The van der Waals surface area contributed by atoms with Gasteiger partial charge in [-0.15, -0.1) is 0 Å². The minimum atomic E-state index is -0.280. The Bertz CT molecular complexity index is 930. The summed E-state index contributed by atoms with van der Waals surface area (Å²) in [6, 6.07) is 16.8. The topological polar surface area (TPSA) is 64.1 Å². The Labute approximate surface area is 170 Å². The number of carbonyl (C=O) groups excluding carboxylic acids is 2. The molecule has 6 heteroatoms. The van der Waals surface area contributed by atoms with E-state index in [1.165, 1.54) is 4.90 Å². The van der Waals surface area contributed by atoms with Crippen molar-refractivity contribution in [1.82, 2.24) is 9.80 Å². The van der Waals surface area contributed by atoms with Crippen LogP contribution in [0.5, 0.6) is 0 Å². The van der Waals surface area contributed by atoms with E-state index in [1.54, 1.807) is 12.1 Å². The molecule has 0 unspecified atom stereocenters. The van der Waals surface area contributed by atoms with Gasteiger partial charge in [0.2, 0.25) is 0 Å². The quantitative estimate of drug-likeness (QED) is 0.789. The molecule has 2 heterocycles. The van der Waals surface area contributed by atoms with E-state index in [1.807, 2.05) is 54.3 Å². The van der Waals surface area contributed by atoms with E-state index in [9.17, 15) is 14.7 Å². The lowest BCUT2D eigenvalue weighted by molar-refractivity contribution is -0.120. The van der Waals surface area contributed by atoms with Gasteiger partial charge in [-0.1, -0.05) is 48.0 Å². The Morgan fingerprint density at radius 2 is 1.52 bits per heavy atom. The number of amides is 2. The molecule has 0 atom stereocenters. The zero-order valence-electron chi connectivity index (χ0n) is 16.5. The van der Waals surface area contributed by atoms with Crippen molar-refractivity contribution in [2.45, 2.75) is 6.92 Å². The highest BCUT2D eigenvalue weighted by Crippen LogP contribution is 2.35. The van der Waals surface area contributed by atoms with Crippen molar-refractivity contribution >= 4 is 23.1 Å². The summed E-state index contributed by atoms with van der Waals surface area (Å²) in [6.45, 7) is 5.53. The van der Waals surface area contributed by atoms with Crippen molar-refractivity contribution in [1.29, 1.82) is 0 Å². The third-order valence-corrected chi connectivity index (χ3v) is 5.52. The number of para-hydroxylation sites is 1. The third-order valence-electron chi connectivity index (χ3n) is 5.52. The second kappa shape index (κ2) is 8.19. The summed E-state index contributed by atoms with van der Waals surface area (Å²) in [5, 5.41) is 9.18. The van der Waals surface area contributed by atoms with Crippen LogP contribution in [0.3, 0.4) is 0 Å². The molecule has 1 N–H and O–H groups in total. The molecule has 150 valence electrons. The van der Waals surface area contributed by atoms with Crippen LogP contribution in [-0.4, -0.2) is 66.1 Å². The van der Waals surface area contributed by atoms with Crippen molar-refractivity contribution in [3.05, 3.63) is 71.4 Å². The van der Waals surface area contributed by atoms with E-state index >= 15 is 0 Å². The molecule has 4 rings (SSSR count). The van der Waals surface area contributed by atoms with Crippen molar-refractivity contribution < 1.29 is 14.7 Å². The van der Waals surface area contributed by atoms with Crippen LogP contribution >= 0.6 is 0 Å². The first-order valence-electron chi connectivity index (χ1n) is 9.93. The van der Waals surface area contributed by atoms with Crippen molar-refractivity contribution in [3.63, 3.8) is 0 Å². The molecule has 2 aromatic rings. The summed E-state index contributed by atoms with van der Waals surface area (Å²) >= 11 is 0. The predicted octanol–water partition coefficient (Wildman–Crippen LogP) is 1.89. The summed E-state index contributed by atoms with van der Waals surface area (Å²) in [5.41, 5.74) is 3.40. The maximum atomic E-state index is 13.4. The summed E-state index contributed by atoms with van der Waals surface area (Å²) < 4.78 is 0. The van der Waals surface area contributed by atoms with Gasteiger partial charge < -0.3 is 10.0 Å². The highest BCUT2D eigenvalue weighted by atomic mass is 16.3. The van der Waals surface area contributed by atoms with E-state index in [-0.39, 0.29) is 18.4 Å². The molecule has 6 nitrogen and oxygen atoms in total. The summed E-state index contributed by atoms with van der Waals surface area (Å²) in [4.78, 5) is 32.3. The van der Waals surface area contributed by atoms with Crippen LogP contribution in [0, 0.1) is 6.92 Å². The third kappa shape index (κ3) is 3.69. The molecule has 29 heavy (non-hydrogen) atoms. The molecule has 0 bridgehead atoms. The monoisotopic (exact) mass is 391 g/mol. The van der Waals surface area contributed by atoms with E-state index in [4.69, 9.17) is 0 Å². The standard InChI is InChI=1S/C23H25N3O3/c1-17-7-9-18(10-8-17)20-21(25-13-11-24(12-14-25)15-16-27)23(29)26(22(20)28)19-5-3-2-4-6-19/h2-10,27H,11-16H2,1H3. The number of imide groups is 1. The molecule has 1 fully saturated rings. The lowest BCUT2D eigenvalue weighted by atomic mass is 10.0. The number of aliphatic hydroxyl groups excluding tert-OH is 1. The number of piperazine rings is 1. The SMILES string of the molecule is Cc1ccc(C2=C(N3CCN(CCO)CC3)C(=O)N(c3ccccc3)C2=O)cc1. The average Bonchev–Trinajstić information content (AvgIpc) is 3.00. The van der Waals surface area contributed by atoms with Gasteiger partial charge in [0, 0.05) is 32.7 Å². The Morgan fingerprint density at radius 1 is 0.862 bits per heavy atom. The van der Waals surface area contributed by atoms with Crippen LogP contribution in [0.1, 0.15) is 11.1 Å². The van der Waals surface area contributed by atoms with Gasteiger partial charge in [0.1, 0.15) is 5.70 Å². The summed E-state index contributed by atoms with van der Waals surface area (Å²) in [5.74, 6) is -0.551. The molecular formula is C23H25N3O3. The number of rotatable bonds is 5. The van der Waals surface area contributed by atoms with Crippen molar-refractivity contribution in [2.75, 3.05) is 44.2 Å². The van der Waals surface area contributed by atoms with Crippen molar-refractivity contribution in [2.24, 2.45) is 0 Å². The zero-order chi connectivity index (χ0) is 20.4. The maximum absolute atomic E-state index is 13.4. The summed E-state index contributed by atoms with van der Waals surface area (Å²) in [6.07, 6.45) is 0. The molecule has 1 saturated heterocycles. The zero-order valence-corrected chi connectivity index (χ0v) is 16.5. The van der Waals surface area contributed by atoms with Crippen LogP contribution in [-0.2, 0) is 9.59 Å². The lowest BCUT2D eigenvalue weighted by Gasteiger charge is -2.36. The number of hydrogen-bond acceptors (Lipinski definition) is 5. The number of β-amino-alcohol motifs (C(OH)–C–C–N with tert-alkyl or cyclic N) is 1. The summed E-state index contributed by atoms with van der Waals surface area (Å²) in [7, 11) is 0. The predicted molar refractivity (Wildman–Crippen MR) is 112 cm³/mol. The van der Waals surface area contributed by atoms with Gasteiger partial charge in [0.15, 0.2) is 0 Å². The largest absolute Gasteiger partial charge is 0.395 e. The van der Waals surface area contributed by atoms with Gasteiger partial charge in [-0.2, -0.15) is 0 Å². The van der Waals surface area contributed by atoms with Crippen molar-refractivity contribution in [3.8, 4) is 0 Å². The molecule has 0 radical (unpaired) electrons. The molecule has 2 aromatic carbocycles. The maximum Gasteiger partial charge on any atom is 0.282 e. The van der Waals surface area contributed by atoms with E-state index in [0.717, 1.165) is 24.2 Å². The second-order valence-electron chi connectivity index (χ2n) is 7.42. The Hall–Kier alpha value is -2.96. The fourth-order valence-electron chi connectivity index (χ4n) is 3.94. The number of nitrogens with zero attached hydrogens (tertiary/aromatic N) is 3. The fourth-order valence-corrected chi connectivity index (χ4v) is 3.94. The van der Waals surface area contributed by atoms with Gasteiger partial charge in [-0.25, -0.2) is 4.90 Å². The van der Waals surface area contributed by atoms with Crippen LogP contribution in [0.25, 0.3) is 5.57 Å². The fraction of sp³-hybridized carbons (Fsp3) is 0.304. The van der Waals surface area contributed by atoms with Gasteiger partial charge in [-0.05, 0) is 24.6 Å². The normalized spacial score (nSPS) is 18.1. The van der Waals surface area contributed by atoms with E-state index < -0.39 is 0 Å². The first kappa shape index (κ1) is 19.4. The highest BCUT2D eigenvalue weighted by Gasteiger charge is 2.42. The minimum absolute atomic E-state index is 0.122. The Morgan fingerprint density at radius 3 is 2.14 bits per heavy atom. The molecule has 2 aliphatic heterocycles. The molecular weight excluding hydrogens is 366 g/mol. The second-order valence-corrected chi connectivity index (χ2v) is 7.42. The Kier molecular flexibility index (Phi) is 5.47. The highest BCUT2D eigenvalue weighted by molar-refractivity contribution is 6.45. The van der Waals surface area contributed by atoms with E-state index in [2.05, 4.69) is 4.90 Å². The molecule has 0 aromatic heterocycles. The number of aryl methyl sites for hydroxylation is 1. The molecule has 0 saturated carbocycles. The number of carbonyl (C=O) groups is 2. The number of benzene rings is 2. The smallest absolute Gasteiger partial charge is 0.282 e. The number of aliphatic hydroxyl groups is 1. The molecule has 2 aliphatic rings. The van der Waals surface area contributed by atoms with Crippen LogP contribution in [0.4, 0.5) is 5.69 Å². The molecule has 2 amide bonds. The van der Waals surface area contributed by atoms with Crippen LogP contribution < -0.4 is 4.90 Å². The van der Waals surface area contributed by atoms with Gasteiger partial charge in [-0.3, -0.25) is 14.5 Å². The number of anilines is 1. The van der Waals surface area contributed by atoms with E-state index in [0.29, 0.717) is 36.6 Å². The number of hydrogen-bond donors (Lipinski definition) is 1. The Balaban J connectivity index is 1.73. The van der Waals surface area contributed by atoms with Crippen LogP contribution in [0.15, 0.2) is 60.3 Å². The average molecular weight is 391 g/mol. The minimum Gasteiger partial charge on any atom is -0.395 e. The molecule has 0 spiro atoms. The lowest BCUT2D eigenvalue weighted by Crippen LogP contribution is -2.48. The van der Waals surface area contributed by atoms with Crippen LogP contribution in [0.2, 0.25) is 0 Å². The van der Waals surface area contributed by atoms with Gasteiger partial charge in [0.05, 0.1) is 17.9 Å². The van der Waals surface area contributed by atoms with Gasteiger partial charge in [0.25, 0.3) is 11.8 Å². The molecule has 0 aliphatic carbocycles. The first-order chi connectivity index (χ1) is 14.1. The first-order valence-corrected chi connectivity index (χ1v) is 9.93.